The maximum Gasteiger partial charge on any atom is 0.235 e. The van der Waals surface area contributed by atoms with Crippen molar-refractivity contribution in [2.45, 2.75) is 36.9 Å². The van der Waals surface area contributed by atoms with Gasteiger partial charge in [-0.1, -0.05) is 37.1 Å². The molecule has 0 radical (unpaired) electrons. The first-order valence-corrected chi connectivity index (χ1v) is 12.5. The zero-order valence-corrected chi connectivity index (χ0v) is 18.7. The number of hydrogen-bond donors (Lipinski definition) is 2. The van der Waals surface area contributed by atoms with Crippen molar-refractivity contribution in [2.24, 2.45) is 0 Å². The number of carbonyl (C=O) groups excluding carboxylic acids is 1. The van der Waals surface area contributed by atoms with E-state index in [1.54, 1.807) is 24.3 Å². The SMILES string of the molecule is C=CCNS(=O)(=O)Cc1ccc(NC(=O)C2(c3ccc4c(c3)OCCO4)CCCC2)cc1. The Kier molecular flexibility index (Phi) is 6.53. The van der Waals surface area contributed by atoms with Gasteiger partial charge in [0.2, 0.25) is 15.9 Å². The molecule has 7 nitrogen and oxygen atoms in total. The Morgan fingerprint density at radius 1 is 1.03 bits per heavy atom. The molecule has 4 rings (SSSR count). The van der Waals surface area contributed by atoms with E-state index in [2.05, 4.69) is 16.6 Å². The van der Waals surface area contributed by atoms with Crippen molar-refractivity contribution in [1.82, 2.24) is 4.72 Å². The summed E-state index contributed by atoms with van der Waals surface area (Å²) in [6, 6.07) is 12.7. The third kappa shape index (κ3) is 4.81. The number of sulfonamides is 1. The van der Waals surface area contributed by atoms with E-state index in [0.29, 0.717) is 36.0 Å². The molecule has 1 saturated carbocycles. The number of nitrogens with one attached hydrogen (secondary N) is 2. The summed E-state index contributed by atoms with van der Waals surface area (Å²) in [4.78, 5) is 13.4. The molecule has 1 fully saturated rings. The minimum atomic E-state index is -3.43. The van der Waals surface area contributed by atoms with E-state index in [0.717, 1.165) is 31.2 Å². The number of hydrogen-bond acceptors (Lipinski definition) is 5. The van der Waals surface area contributed by atoms with Crippen molar-refractivity contribution in [1.29, 1.82) is 0 Å². The molecule has 2 aromatic rings. The molecule has 0 saturated heterocycles. The summed E-state index contributed by atoms with van der Waals surface area (Å²) < 4.78 is 37.9. The van der Waals surface area contributed by atoms with Crippen molar-refractivity contribution in [2.75, 3.05) is 25.1 Å². The summed E-state index contributed by atoms with van der Waals surface area (Å²) >= 11 is 0. The number of rotatable bonds is 8. The number of benzene rings is 2. The van der Waals surface area contributed by atoms with E-state index in [1.165, 1.54) is 6.08 Å². The topological polar surface area (TPSA) is 93.7 Å². The second-order valence-electron chi connectivity index (χ2n) is 8.19. The lowest BCUT2D eigenvalue weighted by atomic mass is 9.77. The summed E-state index contributed by atoms with van der Waals surface area (Å²) in [5.41, 5.74) is 1.60. The number of amides is 1. The lowest BCUT2D eigenvalue weighted by Crippen LogP contribution is -2.38. The van der Waals surface area contributed by atoms with E-state index in [9.17, 15) is 13.2 Å². The van der Waals surface area contributed by atoms with Crippen LogP contribution < -0.4 is 19.5 Å². The fraction of sp³-hybridized carbons (Fsp3) is 0.375. The lowest BCUT2D eigenvalue weighted by Gasteiger charge is -2.30. The second kappa shape index (κ2) is 9.34. The van der Waals surface area contributed by atoms with Gasteiger partial charge in [-0.05, 0) is 48.2 Å². The van der Waals surface area contributed by atoms with Crippen LogP contribution in [0.1, 0.15) is 36.8 Å². The number of carbonyl (C=O) groups is 1. The molecule has 0 atom stereocenters. The van der Waals surface area contributed by atoms with Crippen LogP contribution >= 0.6 is 0 Å². The molecule has 0 bridgehead atoms. The first-order chi connectivity index (χ1) is 15.4. The van der Waals surface area contributed by atoms with Gasteiger partial charge in [0.25, 0.3) is 0 Å². The molecule has 2 N–H and O–H groups in total. The number of fused-ring (bicyclic) bond motifs is 1. The molecule has 170 valence electrons. The van der Waals surface area contributed by atoms with Crippen molar-refractivity contribution in [3.8, 4) is 11.5 Å². The summed E-state index contributed by atoms with van der Waals surface area (Å²) in [5.74, 6) is 1.21. The molecule has 0 aromatic heterocycles. The van der Waals surface area contributed by atoms with Crippen LogP contribution in [-0.4, -0.2) is 34.1 Å². The Labute approximate surface area is 188 Å². The molecule has 8 heteroatoms. The molecule has 0 spiro atoms. The third-order valence-corrected chi connectivity index (χ3v) is 7.32. The highest BCUT2D eigenvalue weighted by atomic mass is 32.2. The zero-order chi connectivity index (χ0) is 22.6. The molecule has 1 aliphatic carbocycles. The summed E-state index contributed by atoms with van der Waals surface area (Å²) in [7, 11) is -3.43. The van der Waals surface area contributed by atoms with Crippen LogP contribution in [0, 0.1) is 0 Å². The average Bonchev–Trinajstić information content (AvgIpc) is 3.30. The maximum atomic E-state index is 13.4. The predicted molar refractivity (Wildman–Crippen MR) is 123 cm³/mol. The molecule has 2 aliphatic rings. The third-order valence-electron chi connectivity index (χ3n) is 6.00. The molecular weight excluding hydrogens is 428 g/mol. The van der Waals surface area contributed by atoms with Gasteiger partial charge < -0.3 is 14.8 Å². The second-order valence-corrected chi connectivity index (χ2v) is 10.0. The van der Waals surface area contributed by atoms with Crippen molar-refractivity contribution < 1.29 is 22.7 Å². The van der Waals surface area contributed by atoms with Gasteiger partial charge in [0.15, 0.2) is 11.5 Å². The van der Waals surface area contributed by atoms with Gasteiger partial charge in [-0.25, -0.2) is 13.1 Å². The van der Waals surface area contributed by atoms with E-state index < -0.39 is 15.4 Å². The zero-order valence-electron chi connectivity index (χ0n) is 17.9. The van der Waals surface area contributed by atoms with Gasteiger partial charge in [0.1, 0.15) is 13.2 Å². The van der Waals surface area contributed by atoms with Crippen LogP contribution in [0.2, 0.25) is 0 Å². The fourth-order valence-electron chi connectivity index (χ4n) is 4.36. The highest BCUT2D eigenvalue weighted by Crippen LogP contribution is 2.45. The van der Waals surface area contributed by atoms with Crippen LogP contribution in [0.4, 0.5) is 5.69 Å². The minimum Gasteiger partial charge on any atom is -0.486 e. The van der Waals surface area contributed by atoms with E-state index >= 15 is 0 Å². The predicted octanol–water partition coefficient (Wildman–Crippen LogP) is 3.51. The van der Waals surface area contributed by atoms with E-state index in [-0.39, 0.29) is 18.2 Å². The normalized spacial score (nSPS) is 17.0. The molecule has 2 aromatic carbocycles. The first-order valence-electron chi connectivity index (χ1n) is 10.8. The highest BCUT2D eigenvalue weighted by Gasteiger charge is 2.43. The van der Waals surface area contributed by atoms with Gasteiger partial charge in [-0.3, -0.25) is 4.79 Å². The quantitative estimate of drug-likeness (QED) is 0.593. The standard InChI is InChI=1S/C24H28N2O5S/c1-2-13-25-32(28,29)17-18-5-8-20(9-6-18)26-23(27)24(11-3-4-12-24)19-7-10-21-22(16-19)31-15-14-30-21/h2,5-10,16,25H,1,3-4,11-15,17H2,(H,26,27). The number of ether oxygens (including phenoxy) is 2. The monoisotopic (exact) mass is 456 g/mol. The minimum absolute atomic E-state index is 0.0558. The van der Waals surface area contributed by atoms with E-state index in [4.69, 9.17) is 9.47 Å². The molecule has 32 heavy (non-hydrogen) atoms. The average molecular weight is 457 g/mol. The first kappa shape index (κ1) is 22.4. The Bertz CT molecular complexity index is 1090. The summed E-state index contributed by atoms with van der Waals surface area (Å²) in [5, 5.41) is 3.04. The Hall–Kier alpha value is -2.84. The highest BCUT2D eigenvalue weighted by molar-refractivity contribution is 7.88. The van der Waals surface area contributed by atoms with Gasteiger partial charge in [-0.15, -0.1) is 6.58 Å². The Morgan fingerprint density at radius 3 is 2.41 bits per heavy atom. The molecule has 0 unspecified atom stereocenters. The number of anilines is 1. The smallest absolute Gasteiger partial charge is 0.235 e. The fourth-order valence-corrected chi connectivity index (χ4v) is 5.46. The van der Waals surface area contributed by atoms with Crippen LogP contribution in [0.15, 0.2) is 55.1 Å². The van der Waals surface area contributed by atoms with Crippen LogP contribution in [0.25, 0.3) is 0 Å². The molecular formula is C24H28N2O5S. The van der Waals surface area contributed by atoms with E-state index in [1.807, 2.05) is 18.2 Å². The Balaban J connectivity index is 1.50. The largest absolute Gasteiger partial charge is 0.486 e. The van der Waals surface area contributed by atoms with Crippen molar-refractivity contribution in [3.05, 3.63) is 66.2 Å². The molecule has 1 heterocycles. The molecule has 1 aliphatic heterocycles. The van der Waals surface area contributed by atoms with Crippen LogP contribution in [0.3, 0.4) is 0 Å². The van der Waals surface area contributed by atoms with Crippen LogP contribution in [0.5, 0.6) is 11.5 Å². The van der Waals surface area contributed by atoms with Gasteiger partial charge >= 0.3 is 0 Å². The Morgan fingerprint density at radius 2 is 1.72 bits per heavy atom. The van der Waals surface area contributed by atoms with Gasteiger partial charge in [-0.2, -0.15) is 0 Å². The van der Waals surface area contributed by atoms with Crippen molar-refractivity contribution in [3.63, 3.8) is 0 Å². The van der Waals surface area contributed by atoms with Crippen molar-refractivity contribution >= 4 is 21.6 Å². The summed E-state index contributed by atoms with van der Waals surface area (Å²) in [6.07, 6.45) is 5.00. The summed E-state index contributed by atoms with van der Waals surface area (Å²) in [6.45, 7) is 4.73. The van der Waals surface area contributed by atoms with Gasteiger partial charge in [0, 0.05) is 12.2 Å². The lowest BCUT2D eigenvalue weighted by molar-refractivity contribution is -0.121. The maximum absolute atomic E-state index is 13.4. The molecule has 1 amide bonds. The van der Waals surface area contributed by atoms with Gasteiger partial charge in [0.05, 0.1) is 11.2 Å². The van der Waals surface area contributed by atoms with Crippen LogP contribution in [-0.2, 0) is 26.0 Å².